The Bertz CT molecular complexity index is 1900. The quantitative estimate of drug-likeness (QED) is 0.164. The summed E-state index contributed by atoms with van der Waals surface area (Å²) in [6.07, 6.45) is 5.66. The molecule has 0 aliphatic heterocycles. The average molecular weight is 631 g/mol. The van der Waals surface area contributed by atoms with E-state index in [2.05, 4.69) is 46.6 Å². The second kappa shape index (κ2) is 12.5. The van der Waals surface area contributed by atoms with Crippen LogP contribution in [-0.2, 0) is 11.2 Å². The fourth-order valence-electron chi connectivity index (χ4n) is 4.44. The van der Waals surface area contributed by atoms with Gasteiger partial charge in [0.25, 0.3) is 5.56 Å². The summed E-state index contributed by atoms with van der Waals surface area (Å²) in [4.78, 5) is 37.0. The third kappa shape index (κ3) is 6.85. The lowest BCUT2D eigenvalue weighted by Gasteiger charge is -2.17. The van der Waals surface area contributed by atoms with Crippen LogP contribution in [0.4, 0.5) is 10.5 Å². The van der Waals surface area contributed by atoms with Gasteiger partial charge in [-0.2, -0.15) is 9.78 Å². The van der Waals surface area contributed by atoms with E-state index in [0.717, 1.165) is 22.9 Å². The number of carbonyl (C=O) groups is 2. The van der Waals surface area contributed by atoms with Gasteiger partial charge in [0.1, 0.15) is 16.3 Å². The number of amides is 2. The molecule has 5 aromatic rings. The predicted octanol–water partition coefficient (Wildman–Crippen LogP) is 4.00. The third-order valence-corrected chi connectivity index (χ3v) is 8.07. The Morgan fingerprint density at radius 3 is 2.70 bits per heavy atom. The molecule has 44 heavy (non-hydrogen) atoms. The molecule has 0 saturated heterocycles. The number of benzene rings is 2. The molecule has 1 fully saturated rings. The van der Waals surface area contributed by atoms with Crippen molar-refractivity contribution >= 4 is 46.7 Å². The highest BCUT2D eigenvalue weighted by Gasteiger charge is 2.28. The molecule has 14 nitrogen and oxygen atoms in total. The highest BCUT2D eigenvalue weighted by Crippen LogP contribution is 2.41. The molecule has 2 amide bonds. The zero-order chi connectivity index (χ0) is 30.6. The van der Waals surface area contributed by atoms with Crippen LogP contribution in [0.15, 0.2) is 65.7 Å². The lowest BCUT2D eigenvalue weighted by Crippen LogP contribution is -2.30. The van der Waals surface area contributed by atoms with Crippen LogP contribution in [0.3, 0.4) is 0 Å². The fourth-order valence-corrected chi connectivity index (χ4v) is 5.68. The molecule has 1 aliphatic rings. The van der Waals surface area contributed by atoms with Crippen molar-refractivity contribution in [1.29, 1.82) is 0 Å². The van der Waals surface area contributed by atoms with Crippen molar-refractivity contribution in [2.75, 3.05) is 5.32 Å². The number of rotatable bonds is 10. The second-order valence-corrected chi connectivity index (χ2v) is 11.4. The van der Waals surface area contributed by atoms with Crippen LogP contribution in [-0.4, -0.2) is 57.7 Å². The van der Waals surface area contributed by atoms with Crippen LogP contribution in [0.2, 0.25) is 5.02 Å². The molecule has 3 heterocycles. The van der Waals surface area contributed by atoms with Crippen molar-refractivity contribution in [2.24, 2.45) is 0 Å². The zero-order valence-electron chi connectivity index (χ0n) is 22.7. The van der Waals surface area contributed by atoms with E-state index in [1.165, 1.54) is 28.4 Å². The van der Waals surface area contributed by atoms with Gasteiger partial charge in [-0.3, -0.25) is 14.9 Å². The van der Waals surface area contributed by atoms with Gasteiger partial charge < -0.3 is 10.4 Å². The summed E-state index contributed by atoms with van der Waals surface area (Å²) in [5, 5.41) is 43.0. The molecule has 1 unspecified atom stereocenters. The Kier molecular flexibility index (Phi) is 8.21. The number of aromatic amines is 1. The summed E-state index contributed by atoms with van der Waals surface area (Å²) < 4.78 is 1.46. The van der Waals surface area contributed by atoms with E-state index in [-0.39, 0.29) is 6.42 Å². The number of nitrogens with zero attached hydrogens (tertiary/aromatic N) is 7. The first-order valence-electron chi connectivity index (χ1n) is 13.4. The zero-order valence-corrected chi connectivity index (χ0v) is 24.3. The van der Waals surface area contributed by atoms with Crippen molar-refractivity contribution in [2.45, 2.75) is 31.2 Å². The number of anilines is 1. The minimum Gasteiger partial charge on any atom is -0.465 e. The summed E-state index contributed by atoms with van der Waals surface area (Å²) in [5.41, 5.74) is 2.38. The number of halogens is 1. The van der Waals surface area contributed by atoms with Crippen molar-refractivity contribution in [3.63, 3.8) is 0 Å². The maximum absolute atomic E-state index is 13.3. The molecule has 0 radical (unpaired) electrons. The Morgan fingerprint density at radius 2 is 1.98 bits per heavy atom. The predicted molar refractivity (Wildman–Crippen MR) is 162 cm³/mol. The van der Waals surface area contributed by atoms with Gasteiger partial charge in [-0.25, -0.2) is 9.89 Å². The van der Waals surface area contributed by atoms with Crippen LogP contribution in [0, 0.1) is 0 Å². The van der Waals surface area contributed by atoms with Gasteiger partial charge in [-0.15, -0.1) is 26.6 Å². The number of H-pyrrole nitrogens is 1. The average Bonchev–Trinajstić information content (AvgIpc) is 3.50. The Hall–Kier alpha value is -5.28. The molecular formula is C28H23ClN10O4S. The molecule has 1 aliphatic carbocycles. The lowest BCUT2D eigenvalue weighted by molar-refractivity contribution is -0.117. The standard InChI is InChI=1S/C28H23ClN10O4S/c29-18-6-9-23(39-14-30-37-38-39)17(11-18)5-10-24(40)32-21(13-25-34-36-27(44-25)16-1-2-16)22-12-20(26(41)35-33-22)15-3-7-19(8-4-15)31-28(42)43/h3-12,14,16,21,31H,1-2,13H2,(H,32,40)(H,35,41)(H,42,43). The largest absolute Gasteiger partial charge is 0.465 e. The topological polar surface area (TPSA) is 194 Å². The van der Waals surface area contributed by atoms with Crippen LogP contribution in [0.5, 0.6) is 0 Å². The highest BCUT2D eigenvalue weighted by atomic mass is 35.5. The maximum Gasteiger partial charge on any atom is 0.409 e. The van der Waals surface area contributed by atoms with Gasteiger partial charge in [0.2, 0.25) is 5.91 Å². The van der Waals surface area contributed by atoms with E-state index in [4.69, 9.17) is 16.7 Å². The summed E-state index contributed by atoms with van der Waals surface area (Å²) in [5.74, 6) is 0.00363. The minimum absolute atomic E-state index is 0.289. The monoisotopic (exact) mass is 630 g/mol. The molecule has 16 heteroatoms. The molecule has 1 saturated carbocycles. The van der Waals surface area contributed by atoms with Gasteiger partial charge in [-0.1, -0.05) is 23.7 Å². The number of hydrogen-bond acceptors (Lipinski definition) is 10. The molecular weight excluding hydrogens is 608 g/mol. The Labute approximate surface area is 257 Å². The minimum atomic E-state index is -1.20. The molecule has 6 rings (SSSR count). The SMILES string of the molecule is O=C(O)Nc1ccc(-c2cc(C(Cc3nnc(C4CC4)s3)NC(=O)C=Cc3cc(Cl)ccc3-n3cnnn3)n[nH]c2=O)cc1. The van der Waals surface area contributed by atoms with Crippen molar-refractivity contribution in [3.05, 3.63) is 97.6 Å². The number of carboxylic acid groups (broad SMARTS) is 1. The van der Waals surface area contributed by atoms with Crippen LogP contribution in [0.1, 0.15) is 46.1 Å². The number of tetrazole rings is 1. The van der Waals surface area contributed by atoms with Crippen molar-refractivity contribution in [1.82, 2.24) is 45.9 Å². The van der Waals surface area contributed by atoms with E-state index >= 15 is 0 Å². The summed E-state index contributed by atoms with van der Waals surface area (Å²) >= 11 is 7.71. The molecule has 4 N–H and O–H groups in total. The first kappa shape index (κ1) is 28.8. The first-order valence-corrected chi connectivity index (χ1v) is 14.6. The van der Waals surface area contributed by atoms with Gasteiger partial charge in [0.15, 0.2) is 0 Å². The molecule has 3 aromatic heterocycles. The maximum atomic E-state index is 13.3. The van der Waals surface area contributed by atoms with Gasteiger partial charge in [0, 0.05) is 34.7 Å². The highest BCUT2D eigenvalue weighted by molar-refractivity contribution is 7.11. The van der Waals surface area contributed by atoms with E-state index in [9.17, 15) is 14.4 Å². The van der Waals surface area contributed by atoms with E-state index in [0.29, 0.717) is 44.7 Å². The van der Waals surface area contributed by atoms with Crippen molar-refractivity contribution < 1.29 is 14.7 Å². The van der Waals surface area contributed by atoms with E-state index in [1.807, 2.05) is 0 Å². The van der Waals surface area contributed by atoms with E-state index < -0.39 is 23.6 Å². The van der Waals surface area contributed by atoms with E-state index in [1.54, 1.807) is 54.6 Å². The van der Waals surface area contributed by atoms with Gasteiger partial charge in [0.05, 0.1) is 23.0 Å². The fraction of sp³-hybridized carbons (Fsp3) is 0.179. The molecule has 0 bridgehead atoms. The van der Waals surface area contributed by atoms with Gasteiger partial charge in [-0.05, 0) is 71.3 Å². The number of carbonyl (C=O) groups excluding carboxylic acids is 1. The summed E-state index contributed by atoms with van der Waals surface area (Å²) in [6, 6.07) is 12.4. The smallest absolute Gasteiger partial charge is 0.409 e. The lowest BCUT2D eigenvalue weighted by atomic mass is 10.0. The number of nitrogens with one attached hydrogen (secondary N) is 3. The first-order chi connectivity index (χ1) is 21.3. The van der Waals surface area contributed by atoms with Crippen LogP contribution < -0.4 is 16.2 Å². The summed E-state index contributed by atoms with van der Waals surface area (Å²) in [6.45, 7) is 0. The number of hydrogen-bond donors (Lipinski definition) is 4. The Balaban J connectivity index is 1.28. The van der Waals surface area contributed by atoms with Crippen molar-refractivity contribution in [3.8, 4) is 16.8 Å². The molecule has 2 aromatic carbocycles. The molecule has 1 atom stereocenters. The third-order valence-electron chi connectivity index (χ3n) is 6.73. The second-order valence-electron chi connectivity index (χ2n) is 9.91. The number of aromatic nitrogens is 8. The van der Waals surface area contributed by atoms with Gasteiger partial charge >= 0.3 is 6.09 Å². The molecule has 0 spiro atoms. The summed E-state index contributed by atoms with van der Waals surface area (Å²) in [7, 11) is 0. The van der Waals surface area contributed by atoms with Crippen LogP contribution in [0.25, 0.3) is 22.9 Å². The van der Waals surface area contributed by atoms with Crippen LogP contribution >= 0.6 is 22.9 Å². The molecule has 222 valence electrons. The Morgan fingerprint density at radius 1 is 1.16 bits per heavy atom. The normalized spacial score (nSPS) is 13.6.